The van der Waals surface area contributed by atoms with Crippen molar-refractivity contribution in [3.05, 3.63) is 12.5 Å². The average Bonchev–Trinajstić information content (AvgIpc) is 3.06. The fraction of sp³-hybridized carbons (Fsp3) is 0.833. The van der Waals surface area contributed by atoms with Crippen molar-refractivity contribution >= 4 is 30.5 Å². The lowest BCUT2D eigenvalue weighted by Crippen LogP contribution is -2.66. The molecular weight excluding hydrogens is 342 g/mol. The Morgan fingerprint density at radius 3 is 1.42 bits per heavy atom. The van der Waals surface area contributed by atoms with Crippen LogP contribution >= 0.6 is 0 Å². The Morgan fingerprint density at radius 2 is 1.17 bits per heavy atom. The smallest absolute Gasteiger partial charge is 0.154 e. The number of hydrogen-bond donors (Lipinski definition) is 0. The van der Waals surface area contributed by atoms with E-state index in [1.54, 1.807) is 0 Å². The van der Waals surface area contributed by atoms with Crippen LogP contribution in [-0.4, -0.2) is 33.9 Å². The summed E-state index contributed by atoms with van der Waals surface area (Å²) in [5.41, 5.74) is 0. The zero-order valence-corrected chi connectivity index (χ0v) is 20.7. The summed E-state index contributed by atoms with van der Waals surface area (Å²) < 4.78 is 5.45. The van der Waals surface area contributed by atoms with Crippen LogP contribution < -0.4 is 4.23 Å². The van der Waals surface area contributed by atoms with Gasteiger partial charge in [0.2, 0.25) is 0 Å². The van der Waals surface area contributed by atoms with Crippen molar-refractivity contribution in [2.45, 2.75) is 97.4 Å². The van der Waals surface area contributed by atoms with Gasteiger partial charge in [0, 0.05) is 6.20 Å². The molecule has 6 heteroatoms. The summed E-state index contributed by atoms with van der Waals surface area (Å²) in [7, 11) is -4.37. The minimum atomic E-state index is -1.50. The third-order valence-electron chi connectivity index (χ3n) is 6.47. The van der Waals surface area contributed by atoms with Crippen LogP contribution in [0, 0.1) is 0 Å². The molecule has 140 valence electrons. The van der Waals surface area contributed by atoms with Crippen LogP contribution in [0.25, 0.3) is 0 Å². The molecule has 0 radical (unpaired) electrons. The van der Waals surface area contributed by atoms with Crippen molar-refractivity contribution in [2.75, 3.05) is 4.23 Å². The van der Waals surface area contributed by atoms with E-state index < -0.39 is 24.7 Å². The SMILES string of the molecule is CC[Si](CC)(CC)N(c1cn([Si](C)(C)C)cn1)[Si](CC)(CC)CC. The monoisotopic (exact) mass is 383 g/mol. The number of anilines is 1. The molecule has 0 fully saturated rings. The van der Waals surface area contributed by atoms with E-state index in [1.165, 1.54) is 42.1 Å². The number of imidazole rings is 1. The van der Waals surface area contributed by atoms with Crippen LogP contribution in [0.3, 0.4) is 0 Å². The molecule has 0 aliphatic heterocycles. The van der Waals surface area contributed by atoms with Crippen LogP contribution in [-0.2, 0) is 0 Å². The standard InChI is InChI=1S/C18H41N3Si3/c1-10-23(11-2,12-3)21(24(13-4,14-5)15-6)18-16-20(17-19-18)22(7,8)9/h16-17H,10-15H2,1-9H3. The van der Waals surface area contributed by atoms with E-state index >= 15 is 0 Å². The lowest BCUT2D eigenvalue weighted by Gasteiger charge is -2.52. The summed E-state index contributed by atoms with van der Waals surface area (Å²) in [4.78, 5) is 5.00. The maximum absolute atomic E-state index is 5.00. The fourth-order valence-electron chi connectivity index (χ4n) is 4.23. The molecule has 1 heterocycles. The molecular formula is C18H41N3Si3. The highest BCUT2D eigenvalue weighted by Gasteiger charge is 2.47. The van der Waals surface area contributed by atoms with Crippen molar-refractivity contribution in [1.82, 2.24) is 9.22 Å². The van der Waals surface area contributed by atoms with Gasteiger partial charge >= 0.3 is 0 Å². The normalized spacial score (nSPS) is 13.4. The van der Waals surface area contributed by atoms with E-state index in [2.05, 4.69) is 82.2 Å². The molecule has 0 atom stereocenters. The molecule has 0 saturated heterocycles. The lowest BCUT2D eigenvalue weighted by atomic mass is 10.8. The zero-order chi connectivity index (χ0) is 18.6. The largest absolute Gasteiger partial charge is 0.407 e. The van der Waals surface area contributed by atoms with Crippen LogP contribution in [0.2, 0.25) is 55.9 Å². The summed E-state index contributed by atoms with van der Waals surface area (Å²) in [6, 6.07) is 8.05. The van der Waals surface area contributed by atoms with E-state index in [0.29, 0.717) is 0 Å². The Hall–Kier alpha value is -0.339. The number of aromatic nitrogens is 2. The number of nitrogens with zero attached hydrogens (tertiary/aromatic N) is 3. The van der Waals surface area contributed by atoms with Crippen molar-refractivity contribution in [3.63, 3.8) is 0 Å². The first-order valence-electron chi connectivity index (χ1n) is 10.0. The van der Waals surface area contributed by atoms with Crippen LogP contribution in [0.5, 0.6) is 0 Å². The van der Waals surface area contributed by atoms with Gasteiger partial charge in [-0.05, 0) is 36.3 Å². The third kappa shape index (κ3) is 3.90. The fourth-order valence-corrected chi connectivity index (χ4v) is 18.1. The summed E-state index contributed by atoms with van der Waals surface area (Å²) in [6.45, 7) is 21.8. The van der Waals surface area contributed by atoms with Crippen molar-refractivity contribution in [1.29, 1.82) is 0 Å². The first-order valence-corrected chi connectivity index (χ1v) is 18.6. The molecule has 1 aromatic heterocycles. The van der Waals surface area contributed by atoms with Crippen LogP contribution in [0.1, 0.15) is 41.5 Å². The maximum Gasteiger partial charge on any atom is 0.154 e. The van der Waals surface area contributed by atoms with Crippen LogP contribution in [0.4, 0.5) is 5.82 Å². The zero-order valence-electron chi connectivity index (χ0n) is 17.7. The maximum atomic E-state index is 5.00. The molecule has 1 aromatic rings. The first kappa shape index (κ1) is 21.7. The second-order valence-corrected chi connectivity index (χ2v) is 23.6. The molecule has 0 aromatic carbocycles. The molecule has 0 spiro atoms. The van der Waals surface area contributed by atoms with Gasteiger partial charge in [0.15, 0.2) is 8.24 Å². The average molecular weight is 384 g/mol. The quantitative estimate of drug-likeness (QED) is 0.437. The van der Waals surface area contributed by atoms with Crippen LogP contribution in [0.15, 0.2) is 12.5 Å². The molecule has 0 aliphatic carbocycles. The minimum absolute atomic E-state index is 1.31. The second-order valence-electron chi connectivity index (χ2n) is 8.22. The summed E-state index contributed by atoms with van der Waals surface area (Å²) in [5.74, 6) is 1.31. The molecule has 3 nitrogen and oxygen atoms in total. The molecule has 0 bridgehead atoms. The molecule has 0 N–H and O–H groups in total. The van der Waals surface area contributed by atoms with Gasteiger partial charge in [0.05, 0.1) is 6.33 Å². The Kier molecular flexibility index (Phi) is 7.56. The van der Waals surface area contributed by atoms with Gasteiger partial charge in [0.1, 0.15) is 22.3 Å². The van der Waals surface area contributed by atoms with Gasteiger partial charge in [0.25, 0.3) is 0 Å². The second kappa shape index (κ2) is 8.36. The van der Waals surface area contributed by atoms with E-state index in [4.69, 9.17) is 4.98 Å². The van der Waals surface area contributed by atoms with E-state index in [1.807, 2.05) is 0 Å². The molecule has 0 saturated carbocycles. The van der Waals surface area contributed by atoms with Gasteiger partial charge in [-0.25, -0.2) is 4.98 Å². The topological polar surface area (TPSA) is 21.1 Å². The van der Waals surface area contributed by atoms with Gasteiger partial charge in [-0.1, -0.05) is 61.2 Å². The van der Waals surface area contributed by atoms with Gasteiger partial charge in [-0.3, -0.25) is 0 Å². The van der Waals surface area contributed by atoms with Crippen molar-refractivity contribution in [3.8, 4) is 0 Å². The highest BCUT2D eigenvalue weighted by molar-refractivity contribution is 7.02. The van der Waals surface area contributed by atoms with E-state index in [9.17, 15) is 0 Å². The van der Waals surface area contributed by atoms with Crippen molar-refractivity contribution < 1.29 is 0 Å². The van der Waals surface area contributed by atoms with Gasteiger partial charge in [-0.15, -0.1) is 0 Å². The summed E-state index contributed by atoms with van der Waals surface area (Å²) in [6.07, 6.45) is 4.52. The third-order valence-corrected chi connectivity index (χ3v) is 21.4. The molecule has 0 unspecified atom stereocenters. The Bertz CT molecular complexity index is 463. The molecule has 24 heavy (non-hydrogen) atoms. The Morgan fingerprint density at radius 1 is 0.792 bits per heavy atom. The number of hydrogen-bond acceptors (Lipinski definition) is 2. The summed E-state index contributed by atoms with van der Waals surface area (Å²) in [5, 5.41) is 0. The number of rotatable bonds is 10. The predicted molar refractivity (Wildman–Crippen MR) is 118 cm³/mol. The highest BCUT2D eigenvalue weighted by Crippen LogP contribution is 2.39. The molecule has 1 rings (SSSR count). The lowest BCUT2D eigenvalue weighted by molar-refractivity contribution is 1.05. The van der Waals surface area contributed by atoms with Crippen molar-refractivity contribution in [2.24, 2.45) is 0 Å². The first-order chi connectivity index (χ1) is 11.2. The predicted octanol–water partition coefficient (Wildman–Crippen LogP) is 6.38. The highest BCUT2D eigenvalue weighted by atomic mass is 28.4. The Balaban J connectivity index is 3.57. The minimum Gasteiger partial charge on any atom is -0.407 e. The summed E-state index contributed by atoms with van der Waals surface area (Å²) >= 11 is 0. The molecule has 0 aliphatic rings. The van der Waals surface area contributed by atoms with Gasteiger partial charge < -0.3 is 8.46 Å². The van der Waals surface area contributed by atoms with Gasteiger partial charge in [-0.2, -0.15) is 0 Å². The van der Waals surface area contributed by atoms with E-state index in [0.717, 1.165) is 0 Å². The molecule has 0 amide bonds. The Labute approximate surface area is 154 Å². The van der Waals surface area contributed by atoms with E-state index in [-0.39, 0.29) is 0 Å².